The summed E-state index contributed by atoms with van der Waals surface area (Å²) >= 11 is 0. The zero-order valence-corrected chi connectivity index (χ0v) is 15.6. The first-order valence-corrected chi connectivity index (χ1v) is 8.37. The van der Waals surface area contributed by atoms with Crippen LogP contribution in [0.15, 0.2) is 35.1 Å². The molecule has 142 valence electrons. The summed E-state index contributed by atoms with van der Waals surface area (Å²) in [5.41, 5.74) is -2.00. The molecule has 2 heterocycles. The molecule has 0 spiro atoms. The SMILES string of the molecule is COCC1(C)Oc2ccc(C#N)cc2C(Oc2ccc(=O)n(C)n2)C1(C)O. The van der Waals surface area contributed by atoms with Crippen LogP contribution in [0, 0.1) is 11.3 Å². The van der Waals surface area contributed by atoms with E-state index in [-0.39, 0.29) is 18.0 Å². The average molecular weight is 371 g/mol. The fraction of sp³-hybridized carbons (Fsp3) is 0.421. The van der Waals surface area contributed by atoms with E-state index in [4.69, 9.17) is 14.2 Å². The molecule has 0 amide bonds. The smallest absolute Gasteiger partial charge is 0.266 e. The van der Waals surface area contributed by atoms with E-state index in [1.54, 1.807) is 32.0 Å². The van der Waals surface area contributed by atoms with Crippen LogP contribution in [0.2, 0.25) is 0 Å². The molecule has 0 radical (unpaired) electrons. The highest BCUT2D eigenvalue weighted by Gasteiger charge is 2.57. The van der Waals surface area contributed by atoms with Gasteiger partial charge in [0.1, 0.15) is 11.4 Å². The van der Waals surface area contributed by atoms with Crippen molar-refractivity contribution in [2.45, 2.75) is 31.2 Å². The first-order chi connectivity index (χ1) is 12.7. The number of methoxy groups -OCH3 is 1. The van der Waals surface area contributed by atoms with Crippen LogP contribution in [0.5, 0.6) is 11.6 Å². The van der Waals surface area contributed by atoms with Crippen molar-refractivity contribution in [1.82, 2.24) is 9.78 Å². The predicted octanol–water partition coefficient (Wildman–Crippen LogP) is 1.32. The average Bonchev–Trinajstić information content (AvgIpc) is 2.62. The molecule has 0 fully saturated rings. The van der Waals surface area contributed by atoms with Crippen molar-refractivity contribution in [3.63, 3.8) is 0 Å². The number of aromatic nitrogens is 2. The van der Waals surface area contributed by atoms with E-state index < -0.39 is 17.3 Å². The number of aryl methyl sites for hydroxylation is 1. The Morgan fingerprint density at radius 2 is 2.11 bits per heavy atom. The Bertz CT molecular complexity index is 963. The molecule has 3 atom stereocenters. The molecule has 0 saturated heterocycles. The monoisotopic (exact) mass is 371 g/mol. The topological polar surface area (TPSA) is 107 Å². The lowest BCUT2D eigenvalue weighted by atomic mass is 9.76. The van der Waals surface area contributed by atoms with Crippen LogP contribution in [0.4, 0.5) is 0 Å². The van der Waals surface area contributed by atoms with E-state index in [1.807, 2.05) is 0 Å². The molecule has 27 heavy (non-hydrogen) atoms. The molecular weight excluding hydrogens is 350 g/mol. The Hall–Kier alpha value is -2.89. The van der Waals surface area contributed by atoms with Crippen LogP contribution in [0.1, 0.15) is 31.1 Å². The fourth-order valence-corrected chi connectivity index (χ4v) is 3.14. The van der Waals surface area contributed by atoms with Crippen molar-refractivity contribution in [2.75, 3.05) is 13.7 Å². The van der Waals surface area contributed by atoms with Crippen molar-refractivity contribution in [2.24, 2.45) is 7.05 Å². The van der Waals surface area contributed by atoms with E-state index in [1.165, 1.54) is 26.3 Å². The van der Waals surface area contributed by atoms with Gasteiger partial charge in [0.25, 0.3) is 5.56 Å². The zero-order valence-electron chi connectivity index (χ0n) is 15.6. The third-order valence-electron chi connectivity index (χ3n) is 4.93. The van der Waals surface area contributed by atoms with Gasteiger partial charge in [0.15, 0.2) is 11.7 Å². The van der Waals surface area contributed by atoms with Crippen molar-refractivity contribution < 1.29 is 19.3 Å². The molecule has 0 aliphatic carbocycles. The lowest BCUT2D eigenvalue weighted by Crippen LogP contribution is -2.63. The van der Waals surface area contributed by atoms with Gasteiger partial charge in [-0.05, 0) is 32.0 Å². The van der Waals surface area contributed by atoms with Crippen molar-refractivity contribution in [3.05, 3.63) is 51.8 Å². The van der Waals surface area contributed by atoms with E-state index in [0.29, 0.717) is 16.9 Å². The summed E-state index contributed by atoms with van der Waals surface area (Å²) in [7, 11) is 3.03. The standard InChI is InChI=1S/C19H21N3O5/c1-18(11-25-4)19(2,24)17(26-15-7-8-16(23)22(3)21-15)13-9-12(10-20)5-6-14(13)27-18/h5-9,17,24H,11H2,1-4H3. The number of nitriles is 1. The van der Waals surface area contributed by atoms with E-state index in [2.05, 4.69) is 11.2 Å². The Balaban J connectivity index is 2.14. The summed E-state index contributed by atoms with van der Waals surface area (Å²) in [5, 5.41) is 24.7. The lowest BCUT2D eigenvalue weighted by Gasteiger charge is -2.50. The van der Waals surface area contributed by atoms with Gasteiger partial charge >= 0.3 is 0 Å². The number of hydrogen-bond acceptors (Lipinski definition) is 7. The van der Waals surface area contributed by atoms with Gasteiger partial charge in [-0.1, -0.05) is 0 Å². The molecule has 1 N–H and O–H groups in total. The van der Waals surface area contributed by atoms with Gasteiger partial charge in [-0.15, -0.1) is 5.10 Å². The summed E-state index contributed by atoms with van der Waals surface area (Å²) in [6.07, 6.45) is -0.903. The molecule has 3 unspecified atom stereocenters. The summed E-state index contributed by atoms with van der Waals surface area (Å²) in [4.78, 5) is 11.6. The fourth-order valence-electron chi connectivity index (χ4n) is 3.14. The molecule has 1 aromatic carbocycles. The maximum absolute atomic E-state index is 11.6. The second-order valence-corrected chi connectivity index (χ2v) is 6.91. The number of hydrogen-bond donors (Lipinski definition) is 1. The minimum Gasteiger partial charge on any atom is -0.482 e. The van der Waals surface area contributed by atoms with Gasteiger partial charge in [0, 0.05) is 31.9 Å². The predicted molar refractivity (Wildman–Crippen MR) is 95.5 cm³/mol. The van der Waals surface area contributed by atoms with Gasteiger partial charge in [0.2, 0.25) is 5.88 Å². The number of aliphatic hydroxyl groups is 1. The minimum atomic E-state index is -1.53. The van der Waals surface area contributed by atoms with Crippen LogP contribution in [-0.2, 0) is 11.8 Å². The summed E-state index contributed by atoms with van der Waals surface area (Å²) in [6.45, 7) is 3.42. The normalized spacial score (nSPS) is 26.6. The van der Waals surface area contributed by atoms with Gasteiger partial charge in [-0.3, -0.25) is 4.79 Å². The lowest BCUT2D eigenvalue weighted by molar-refractivity contribution is -0.200. The highest BCUT2D eigenvalue weighted by atomic mass is 16.6. The van der Waals surface area contributed by atoms with Crippen LogP contribution in [0.25, 0.3) is 0 Å². The number of fused-ring (bicyclic) bond motifs is 1. The summed E-state index contributed by atoms with van der Waals surface area (Å²) in [6, 6.07) is 9.76. The van der Waals surface area contributed by atoms with Crippen molar-refractivity contribution >= 4 is 0 Å². The number of ether oxygens (including phenoxy) is 3. The Morgan fingerprint density at radius 3 is 2.74 bits per heavy atom. The van der Waals surface area contributed by atoms with Crippen molar-refractivity contribution in [1.29, 1.82) is 5.26 Å². The molecule has 0 bridgehead atoms. The third kappa shape index (κ3) is 3.16. The molecule has 1 aromatic heterocycles. The Kier molecular flexibility index (Phi) is 4.68. The second-order valence-electron chi connectivity index (χ2n) is 6.91. The molecular formula is C19H21N3O5. The molecule has 1 aliphatic heterocycles. The molecule has 1 aliphatic rings. The quantitative estimate of drug-likeness (QED) is 0.864. The van der Waals surface area contributed by atoms with Gasteiger partial charge < -0.3 is 19.3 Å². The van der Waals surface area contributed by atoms with E-state index >= 15 is 0 Å². The zero-order chi connectivity index (χ0) is 19.8. The van der Waals surface area contributed by atoms with Crippen LogP contribution >= 0.6 is 0 Å². The minimum absolute atomic E-state index is 0.111. The van der Waals surface area contributed by atoms with Gasteiger partial charge in [-0.25, -0.2) is 4.68 Å². The van der Waals surface area contributed by atoms with Crippen LogP contribution in [-0.4, -0.2) is 39.8 Å². The maximum atomic E-state index is 11.6. The van der Waals surface area contributed by atoms with Crippen LogP contribution < -0.4 is 15.0 Å². The number of nitrogens with zero attached hydrogens (tertiary/aromatic N) is 3. The first kappa shape index (κ1) is 18.9. The largest absolute Gasteiger partial charge is 0.482 e. The first-order valence-electron chi connectivity index (χ1n) is 8.37. The molecule has 3 rings (SSSR count). The second kappa shape index (κ2) is 6.68. The molecule has 0 saturated carbocycles. The van der Waals surface area contributed by atoms with Gasteiger partial charge in [-0.2, -0.15) is 5.26 Å². The highest BCUT2D eigenvalue weighted by Crippen LogP contribution is 2.48. The molecule has 2 aromatic rings. The molecule has 8 nitrogen and oxygen atoms in total. The number of rotatable bonds is 4. The maximum Gasteiger partial charge on any atom is 0.266 e. The third-order valence-corrected chi connectivity index (χ3v) is 4.93. The Morgan fingerprint density at radius 1 is 1.37 bits per heavy atom. The van der Waals surface area contributed by atoms with E-state index in [0.717, 1.165) is 4.68 Å². The van der Waals surface area contributed by atoms with Crippen molar-refractivity contribution in [3.8, 4) is 17.7 Å². The number of benzene rings is 1. The summed E-state index contributed by atoms with van der Waals surface area (Å²) < 4.78 is 18.5. The summed E-state index contributed by atoms with van der Waals surface area (Å²) in [5.74, 6) is 0.646. The van der Waals surface area contributed by atoms with Crippen LogP contribution in [0.3, 0.4) is 0 Å². The Labute approximate surface area is 156 Å². The molecule has 8 heteroatoms. The highest BCUT2D eigenvalue weighted by molar-refractivity contribution is 5.47. The van der Waals surface area contributed by atoms with E-state index in [9.17, 15) is 15.2 Å². The van der Waals surface area contributed by atoms with Gasteiger partial charge in [0.05, 0.1) is 18.2 Å².